The molecule has 1 aromatic carbocycles. The molecule has 4 rings (SSSR count). The van der Waals surface area contributed by atoms with Crippen LogP contribution < -0.4 is 4.90 Å². The Morgan fingerprint density at radius 1 is 1.22 bits per heavy atom. The fourth-order valence-electron chi connectivity index (χ4n) is 5.44. The summed E-state index contributed by atoms with van der Waals surface area (Å²) in [7, 11) is 1.45. The van der Waals surface area contributed by atoms with E-state index >= 15 is 0 Å². The van der Waals surface area contributed by atoms with Crippen LogP contribution in [0.15, 0.2) is 49.1 Å². The number of hydrogen-bond donors (Lipinski definition) is 0. The number of methoxy groups -OCH3 is 1. The van der Waals surface area contributed by atoms with Gasteiger partial charge in [-0.2, -0.15) is 0 Å². The molecule has 1 aromatic heterocycles. The molecule has 0 aliphatic carbocycles. The van der Waals surface area contributed by atoms with Crippen LogP contribution in [0.3, 0.4) is 0 Å². The average Bonchev–Trinajstić information content (AvgIpc) is 3.48. The van der Waals surface area contributed by atoms with Gasteiger partial charge in [0.05, 0.1) is 29.9 Å². The number of rotatable bonds is 10. The van der Waals surface area contributed by atoms with Crippen LogP contribution >= 0.6 is 0 Å². The molecule has 2 atom stereocenters. The smallest absolute Gasteiger partial charge is 0.414 e. The molecular weight excluding hydrogens is 452 g/mol. The van der Waals surface area contributed by atoms with Gasteiger partial charge >= 0.3 is 6.09 Å². The molecule has 2 aliphatic rings. The first-order valence-electron chi connectivity index (χ1n) is 13.2. The van der Waals surface area contributed by atoms with E-state index in [0.29, 0.717) is 6.10 Å². The highest BCUT2D eigenvalue weighted by Crippen LogP contribution is 2.36. The van der Waals surface area contributed by atoms with Crippen molar-refractivity contribution in [1.82, 2.24) is 14.5 Å². The van der Waals surface area contributed by atoms with Crippen LogP contribution in [0.1, 0.15) is 44.5 Å². The van der Waals surface area contributed by atoms with Gasteiger partial charge in [0.2, 0.25) is 0 Å². The van der Waals surface area contributed by atoms with Gasteiger partial charge in [-0.3, -0.25) is 9.80 Å². The van der Waals surface area contributed by atoms with E-state index in [9.17, 15) is 4.79 Å². The number of nitrogens with zero attached hydrogens (tertiary/aromatic N) is 4. The second-order valence-corrected chi connectivity index (χ2v) is 9.59. The highest BCUT2D eigenvalue weighted by Gasteiger charge is 2.31. The van der Waals surface area contributed by atoms with Crippen molar-refractivity contribution in [1.29, 1.82) is 0 Å². The van der Waals surface area contributed by atoms with Crippen molar-refractivity contribution in [2.45, 2.75) is 64.6 Å². The van der Waals surface area contributed by atoms with E-state index in [4.69, 9.17) is 14.5 Å². The Balaban J connectivity index is 1.62. The summed E-state index contributed by atoms with van der Waals surface area (Å²) in [5.41, 5.74) is 4.25. The Bertz CT molecular complexity index is 1120. The number of hydrogen-bond acceptors (Lipinski definition) is 5. The van der Waals surface area contributed by atoms with Crippen molar-refractivity contribution in [2.24, 2.45) is 0 Å². The summed E-state index contributed by atoms with van der Waals surface area (Å²) in [4.78, 5) is 22.0. The molecule has 7 nitrogen and oxygen atoms in total. The molecule has 1 amide bonds. The van der Waals surface area contributed by atoms with Gasteiger partial charge in [0, 0.05) is 50.8 Å². The Morgan fingerprint density at radius 3 is 2.86 bits per heavy atom. The molecule has 2 aliphatic heterocycles. The lowest BCUT2D eigenvalue weighted by molar-refractivity contribution is 0.0686. The zero-order chi connectivity index (χ0) is 25.5. The first kappa shape index (κ1) is 26.2. The number of benzene rings is 1. The van der Waals surface area contributed by atoms with Crippen molar-refractivity contribution < 1.29 is 14.3 Å². The maximum Gasteiger partial charge on any atom is 0.414 e. The number of fused-ring (bicyclic) bond motifs is 3. The van der Waals surface area contributed by atoms with Crippen LogP contribution in [0.2, 0.25) is 0 Å². The molecule has 3 heterocycles. The number of ether oxygens (including phenoxy) is 2. The predicted octanol–water partition coefficient (Wildman–Crippen LogP) is 5.29. The first-order chi connectivity index (χ1) is 17.6. The summed E-state index contributed by atoms with van der Waals surface area (Å²) in [6.45, 7) is 12.6. The van der Waals surface area contributed by atoms with Gasteiger partial charge in [-0.15, -0.1) is 0 Å². The Hall–Kier alpha value is -2.90. The second-order valence-electron chi connectivity index (χ2n) is 9.59. The molecule has 2 unspecified atom stereocenters. The van der Waals surface area contributed by atoms with Crippen molar-refractivity contribution in [2.75, 3.05) is 38.3 Å². The maximum atomic E-state index is 12.6. The molecule has 7 heteroatoms. The monoisotopic (exact) mass is 492 g/mol. The summed E-state index contributed by atoms with van der Waals surface area (Å²) in [6, 6.07) is 4.31. The van der Waals surface area contributed by atoms with Gasteiger partial charge < -0.3 is 14.0 Å². The minimum atomic E-state index is -0.307. The third-order valence-corrected chi connectivity index (χ3v) is 7.26. The summed E-state index contributed by atoms with van der Waals surface area (Å²) < 4.78 is 13.3. The molecule has 0 saturated carbocycles. The lowest BCUT2D eigenvalue weighted by atomic mass is 9.96. The highest BCUT2D eigenvalue weighted by atomic mass is 16.5. The fourth-order valence-corrected chi connectivity index (χ4v) is 5.44. The fraction of sp³-hybridized carbons (Fsp3) is 0.517. The van der Waals surface area contributed by atoms with Crippen molar-refractivity contribution in [3.05, 3.63) is 60.5 Å². The number of amides is 1. The van der Waals surface area contributed by atoms with E-state index in [2.05, 4.69) is 54.2 Å². The summed E-state index contributed by atoms with van der Waals surface area (Å²) in [6.07, 6.45) is 14.7. The molecule has 194 valence electrons. The minimum Gasteiger partial charge on any atom is -0.452 e. The van der Waals surface area contributed by atoms with Gasteiger partial charge in [0.25, 0.3) is 0 Å². The second kappa shape index (κ2) is 12.4. The number of allylic oxidation sites excluding steroid dienone is 5. The zero-order valence-electron chi connectivity index (χ0n) is 22.0. The third kappa shape index (κ3) is 5.73. The van der Waals surface area contributed by atoms with E-state index in [-0.39, 0.29) is 12.1 Å². The van der Waals surface area contributed by atoms with E-state index in [1.165, 1.54) is 7.11 Å². The van der Waals surface area contributed by atoms with Gasteiger partial charge in [-0.05, 0) is 51.7 Å². The standard InChI is InChI=1S/C29H40N4O3/c1-5-7-8-9-10-11-12-27-30-28-24-14-13-22(3)33(29(34)35-4)25(24)15-16-26(28)32(27)20-19-31-18-17-23(21-31)36-6-2/h5,7-10,15-16,22-23H,1,6,11-14,17-21H2,2-4H3/b8-7-,10-9-. The highest BCUT2D eigenvalue weighted by molar-refractivity contribution is 5.95. The quantitative estimate of drug-likeness (QED) is 0.422. The minimum absolute atomic E-state index is 0.103. The molecule has 0 bridgehead atoms. The molecular formula is C29H40N4O3. The van der Waals surface area contributed by atoms with Gasteiger partial charge in [0.15, 0.2) is 0 Å². The summed E-state index contributed by atoms with van der Waals surface area (Å²) in [5, 5.41) is 0. The van der Waals surface area contributed by atoms with Gasteiger partial charge in [0.1, 0.15) is 5.82 Å². The lowest BCUT2D eigenvalue weighted by Gasteiger charge is -2.34. The Labute approximate surface area is 215 Å². The molecule has 1 saturated heterocycles. The van der Waals surface area contributed by atoms with Crippen LogP contribution in [0, 0.1) is 0 Å². The number of likely N-dealkylation sites (tertiary alicyclic amines) is 1. The Kier molecular flexibility index (Phi) is 8.99. The summed E-state index contributed by atoms with van der Waals surface area (Å²) >= 11 is 0. The third-order valence-electron chi connectivity index (χ3n) is 7.26. The van der Waals surface area contributed by atoms with Crippen molar-refractivity contribution in [3.63, 3.8) is 0 Å². The SMILES string of the molecule is C=C/C=C\C=C/CCc1nc2c3c(ccc2n1CCN1CCC(OCC)C1)N(C(=O)OC)C(C)CC3. The first-order valence-corrected chi connectivity index (χ1v) is 13.2. The predicted molar refractivity (Wildman–Crippen MR) is 146 cm³/mol. The molecule has 36 heavy (non-hydrogen) atoms. The number of imidazole rings is 1. The molecule has 0 spiro atoms. The molecule has 2 aromatic rings. The van der Waals surface area contributed by atoms with Crippen LogP contribution in [-0.4, -0.2) is 66.0 Å². The van der Waals surface area contributed by atoms with Gasteiger partial charge in [-0.1, -0.05) is 37.0 Å². The average molecular weight is 493 g/mol. The normalized spacial score (nSPS) is 20.6. The van der Waals surface area contributed by atoms with Crippen molar-refractivity contribution >= 4 is 22.8 Å². The van der Waals surface area contributed by atoms with Crippen LogP contribution in [0.5, 0.6) is 0 Å². The molecule has 0 radical (unpaired) electrons. The topological polar surface area (TPSA) is 59.8 Å². The number of carbonyl (C=O) groups excluding carboxylic acids is 1. The zero-order valence-corrected chi connectivity index (χ0v) is 22.0. The number of aryl methyl sites for hydroxylation is 2. The largest absolute Gasteiger partial charge is 0.452 e. The van der Waals surface area contributed by atoms with Crippen LogP contribution in [-0.2, 0) is 28.9 Å². The molecule has 1 fully saturated rings. The van der Waals surface area contributed by atoms with E-state index < -0.39 is 0 Å². The van der Waals surface area contributed by atoms with E-state index in [1.54, 1.807) is 11.0 Å². The van der Waals surface area contributed by atoms with Crippen LogP contribution in [0.4, 0.5) is 10.5 Å². The van der Waals surface area contributed by atoms with Crippen molar-refractivity contribution in [3.8, 4) is 0 Å². The molecule has 0 N–H and O–H groups in total. The number of anilines is 1. The maximum absolute atomic E-state index is 12.6. The van der Waals surface area contributed by atoms with Crippen LogP contribution in [0.25, 0.3) is 11.0 Å². The Morgan fingerprint density at radius 2 is 2.08 bits per heavy atom. The van der Waals surface area contributed by atoms with E-state index in [0.717, 1.165) is 93.0 Å². The number of carbonyl (C=O) groups is 1. The van der Waals surface area contributed by atoms with Gasteiger partial charge in [-0.25, -0.2) is 9.78 Å². The van der Waals surface area contributed by atoms with E-state index in [1.807, 2.05) is 12.2 Å². The number of aromatic nitrogens is 2. The summed E-state index contributed by atoms with van der Waals surface area (Å²) in [5.74, 6) is 1.10. The lowest BCUT2D eigenvalue weighted by Crippen LogP contribution is -2.42.